The number of amides is 1. The van der Waals surface area contributed by atoms with Gasteiger partial charge in [-0.1, -0.05) is 15.9 Å². The van der Waals surface area contributed by atoms with Gasteiger partial charge in [0.1, 0.15) is 5.60 Å². The van der Waals surface area contributed by atoms with Crippen molar-refractivity contribution in [1.82, 2.24) is 4.90 Å². The molecule has 152 valence electrons. The molecule has 0 bridgehead atoms. The van der Waals surface area contributed by atoms with Gasteiger partial charge in [0.05, 0.1) is 6.61 Å². The van der Waals surface area contributed by atoms with E-state index in [0.717, 1.165) is 0 Å². The molecule has 1 aliphatic rings. The van der Waals surface area contributed by atoms with Gasteiger partial charge in [0.25, 0.3) is 0 Å². The number of ether oxygens (including phenoxy) is 3. The van der Waals surface area contributed by atoms with E-state index in [0.29, 0.717) is 30.4 Å². The first-order valence-electron chi connectivity index (χ1n) is 8.59. The van der Waals surface area contributed by atoms with Crippen molar-refractivity contribution in [3.8, 4) is 11.5 Å². The third-order valence-corrected chi connectivity index (χ3v) is 4.37. The van der Waals surface area contributed by atoms with E-state index in [-0.39, 0.29) is 30.1 Å². The molecule has 0 aromatic heterocycles. The lowest BCUT2D eigenvalue weighted by molar-refractivity contribution is -0.275. The monoisotopic (exact) mass is 453 g/mol. The molecule has 0 atom stereocenters. The molecule has 0 spiro atoms. The number of nitrogens with zero attached hydrogens (tertiary/aromatic N) is 1. The Morgan fingerprint density at radius 3 is 2.37 bits per heavy atom. The molecule has 0 N–H and O–H groups in total. The summed E-state index contributed by atoms with van der Waals surface area (Å²) in [6.45, 7) is 6.71. The fraction of sp³-hybridized carbons (Fsp3) is 0.611. The quantitative estimate of drug-likeness (QED) is 0.614. The third-order valence-electron chi connectivity index (χ3n) is 3.87. The molecule has 1 amide bonds. The molecule has 1 aliphatic heterocycles. The summed E-state index contributed by atoms with van der Waals surface area (Å²) in [6, 6.07) is 4.10. The number of rotatable bonds is 4. The third kappa shape index (κ3) is 7.48. The average Bonchev–Trinajstić information content (AvgIpc) is 2.53. The summed E-state index contributed by atoms with van der Waals surface area (Å²) < 4.78 is 53.1. The van der Waals surface area contributed by atoms with Gasteiger partial charge in [-0.05, 0) is 57.7 Å². The number of benzene rings is 1. The molecule has 0 saturated carbocycles. The Balaban J connectivity index is 1.88. The van der Waals surface area contributed by atoms with Gasteiger partial charge in [-0.15, -0.1) is 13.2 Å². The summed E-state index contributed by atoms with van der Waals surface area (Å²) in [6.07, 6.45) is -3.77. The highest BCUT2D eigenvalue weighted by atomic mass is 79.9. The second kappa shape index (κ2) is 8.58. The van der Waals surface area contributed by atoms with Crippen LogP contribution in [-0.4, -0.2) is 42.7 Å². The molecule has 0 radical (unpaired) electrons. The smallest absolute Gasteiger partial charge is 0.489 e. The molecule has 0 unspecified atom stereocenters. The Hall–Kier alpha value is -1.64. The summed E-state index contributed by atoms with van der Waals surface area (Å²) in [5.74, 6) is -0.227. The fourth-order valence-electron chi connectivity index (χ4n) is 2.62. The number of likely N-dealkylation sites (tertiary alicyclic amines) is 1. The lowest BCUT2D eigenvalue weighted by atomic mass is 9.98. The molecular formula is C18H23BrF3NO4. The van der Waals surface area contributed by atoms with E-state index in [2.05, 4.69) is 20.7 Å². The fourth-order valence-corrected chi connectivity index (χ4v) is 2.96. The van der Waals surface area contributed by atoms with Gasteiger partial charge < -0.3 is 19.1 Å². The predicted octanol–water partition coefficient (Wildman–Crippen LogP) is 5.37. The van der Waals surface area contributed by atoms with Crippen molar-refractivity contribution in [1.29, 1.82) is 0 Å². The summed E-state index contributed by atoms with van der Waals surface area (Å²) in [5.41, 5.74) is -0.549. The van der Waals surface area contributed by atoms with Gasteiger partial charge in [-0.3, -0.25) is 0 Å². The van der Waals surface area contributed by atoms with E-state index >= 15 is 0 Å². The summed E-state index contributed by atoms with van der Waals surface area (Å²) >= 11 is 3.21. The van der Waals surface area contributed by atoms with Crippen LogP contribution < -0.4 is 9.47 Å². The van der Waals surface area contributed by atoms with Crippen LogP contribution in [0.25, 0.3) is 0 Å². The van der Waals surface area contributed by atoms with Gasteiger partial charge >= 0.3 is 12.5 Å². The van der Waals surface area contributed by atoms with Crippen molar-refractivity contribution >= 4 is 22.0 Å². The van der Waals surface area contributed by atoms with Crippen LogP contribution in [0.1, 0.15) is 33.6 Å². The van der Waals surface area contributed by atoms with E-state index in [1.165, 1.54) is 18.2 Å². The molecule has 1 aromatic carbocycles. The zero-order valence-corrected chi connectivity index (χ0v) is 17.0. The topological polar surface area (TPSA) is 48.0 Å². The van der Waals surface area contributed by atoms with E-state index in [1.807, 2.05) is 20.8 Å². The second-order valence-electron chi connectivity index (χ2n) is 7.36. The van der Waals surface area contributed by atoms with Gasteiger partial charge in [-0.25, -0.2) is 4.79 Å². The van der Waals surface area contributed by atoms with Crippen molar-refractivity contribution in [2.45, 2.75) is 45.6 Å². The summed E-state index contributed by atoms with van der Waals surface area (Å²) in [5, 5.41) is 0. The Morgan fingerprint density at radius 1 is 1.19 bits per heavy atom. The van der Waals surface area contributed by atoms with Crippen LogP contribution in [0.4, 0.5) is 18.0 Å². The van der Waals surface area contributed by atoms with Crippen LogP contribution in [0, 0.1) is 5.92 Å². The number of piperidine rings is 1. The SMILES string of the molecule is CC(C)(C)OC(=O)N1CCC(COc2cc(Br)ccc2OC(F)(F)F)CC1. The number of hydrogen-bond acceptors (Lipinski definition) is 4. The lowest BCUT2D eigenvalue weighted by Gasteiger charge is -2.33. The van der Waals surface area contributed by atoms with Crippen molar-refractivity contribution in [3.05, 3.63) is 22.7 Å². The number of carbonyl (C=O) groups is 1. The number of hydrogen-bond donors (Lipinski definition) is 0. The first kappa shape index (κ1) is 21.7. The second-order valence-corrected chi connectivity index (χ2v) is 8.28. The molecular weight excluding hydrogens is 431 g/mol. The Morgan fingerprint density at radius 2 is 1.81 bits per heavy atom. The van der Waals surface area contributed by atoms with Gasteiger partial charge in [0.2, 0.25) is 0 Å². The largest absolute Gasteiger partial charge is 0.573 e. The highest BCUT2D eigenvalue weighted by molar-refractivity contribution is 9.10. The number of halogens is 4. The highest BCUT2D eigenvalue weighted by Gasteiger charge is 2.33. The summed E-state index contributed by atoms with van der Waals surface area (Å²) in [7, 11) is 0. The van der Waals surface area contributed by atoms with Crippen LogP contribution in [-0.2, 0) is 4.74 Å². The van der Waals surface area contributed by atoms with Crippen LogP contribution >= 0.6 is 15.9 Å². The molecule has 9 heteroatoms. The normalized spacial score (nSPS) is 16.2. The van der Waals surface area contributed by atoms with Crippen LogP contribution in [0.3, 0.4) is 0 Å². The average molecular weight is 454 g/mol. The van der Waals surface area contributed by atoms with Crippen LogP contribution in [0.2, 0.25) is 0 Å². The molecule has 27 heavy (non-hydrogen) atoms. The van der Waals surface area contributed by atoms with Crippen molar-refractivity contribution < 1.29 is 32.2 Å². The molecule has 1 aromatic rings. The minimum atomic E-state index is -4.79. The maximum atomic E-state index is 12.5. The number of alkyl halides is 3. The van der Waals surface area contributed by atoms with Crippen molar-refractivity contribution in [3.63, 3.8) is 0 Å². The van der Waals surface area contributed by atoms with Gasteiger partial charge in [0.15, 0.2) is 11.5 Å². The van der Waals surface area contributed by atoms with Crippen molar-refractivity contribution in [2.75, 3.05) is 19.7 Å². The van der Waals surface area contributed by atoms with Gasteiger partial charge in [-0.2, -0.15) is 0 Å². The molecule has 1 fully saturated rings. The minimum absolute atomic E-state index is 0.0243. The Bertz CT molecular complexity index is 653. The van der Waals surface area contributed by atoms with Crippen LogP contribution in [0.15, 0.2) is 22.7 Å². The van der Waals surface area contributed by atoms with E-state index in [1.54, 1.807) is 4.90 Å². The predicted molar refractivity (Wildman–Crippen MR) is 96.9 cm³/mol. The molecule has 0 aliphatic carbocycles. The molecule has 2 rings (SSSR count). The van der Waals surface area contributed by atoms with E-state index in [4.69, 9.17) is 9.47 Å². The first-order chi connectivity index (χ1) is 12.4. The molecule has 1 heterocycles. The Labute approximate surface area is 164 Å². The van der Waals surface area contributed by atoms with Crippen LogP contribution in [0.5, 0.6) is 11.5 Å². The standard InChI is InChI=1S/C18H23BrF3NO4/c1-17(2,3)27-16(24)23-8-6-12(7-9-23)11-25-15-10-13(19)4-5-14(15)26-18(20,21)22/h4-5,10,12H,6-9,11H2,1-3H3. The Kier molecular flexibility index (Phi) is 6.88. The zero-order chi connectivity index (χ0) is 20.2. The minimum Gasteiger partial charge on any atom is -0.489 e. The number of carbonyl (C=O) groups excluding carboxylic acids is 1. The highest BCUT2D eigenvalue weighted by Crippen LogP contribution is 2.35. The lowest BCUT2D eigenvalue weighted by Crippen LogP contribution is -2.42. The molecule has 5 nitrogen and oxygen atoms in total. The molecule has 1 saturated heterocycles. The van der Waals surface area contributed by atoms with Crippen molar-refractivity contribution in [2.24, 2.45) is 5.92 Å². The maximum Gasteiger partial charge on any atom is 0.573 e. The van der Waals surface area contributed by atoms with Gasteiger partial charge in [0, 0.05) is 17.6 Å². The van der Waals surface area contributed by atoms with E-state index in [9.17, 15) is 18.0 Å². The maximum absolute atomic E-state index is 12.5. The first-order valence-corrected chi connectivity index (χ1v) is 9.38. The van der Waals surface area contributed by atoms with E-state index < -0.39 is 12.0 Å². The zero-order valence-electron chi connectivity index (χ0n) is 15.4. The summed E-state index contributed by atoms with van der Waals surface area (Å²) in [4.78, 5) is 13.7.